The topological polar surface area (TPSA) is 98.0 Å². The maximum Gasteiger partial charge on any atom is 0.159 e. The lowest BCUT2D eigenvalue weighted by atomic mass is 10.2. The Morgan fingerprint density at radius 3 is 2.42 bits per heavy atom. The van der Waals surface area contributed by atoms with Crippen molar-refractivity contribution < 1.29 is 4.74 Å². The maximum atomic E-state index is 6.20. The zero-order chi connectivity index (χ0) is 16.9. The second-order valence-electron chi connectivity index (χ2n) is 5.17. The van der Waals surface area contributed by atoms with Gasteiger partial charge in [-0.2, -0.15) is 0 Å². The first-order valence-corrected chi connectivity index (χ1v) is 7.36. The van der Waals surface area contributed by atoms with E-state index in [0.717, 1.165) is 16.9 Å². The summed E-state index contributed by atoms with van der Waals surface area (Å²) in [6.45, 7) is 2.00. The molecule has 0 aliphatic rings. The van der Waals surface area contributed by atoms with Crippen LogP contribution in [0.5, 0.6) is 5.75 Å². The summed E-state index contributed by atoms with van der Waals surface area (Å²) in [7, 11) is 1.62. The average molecular weight is 322 g/mol. The summed E-state index contributed by atoms with van der Waals surface area (Å²) in [6.07, 6.45) is 4.83. The first-order chi connectivity index (χ1) is 11.7. The normalized spacial score (nSPS) is 10.2. The van der Waals surface area contributed by atoms with Gasteiger partial charge in [0.25, 0.3) is 0 Å². The summed E-state index contributed by atoms with van der Waals surface area (Å²) >= 11 is 0. The molecule has 122 valence electrons. The SMILES string of the molecule is COc1ccc(C)cc1Nc1ncnc(Nc2ccncc2)c1N. The highest BCUT2D eigenvalue weighted by atomic mass is 16.5. The smallest absolute Gasteiger partial charge is 0.159 e. The van der Waals surface area contributed by atoms with Gasteiger partial charge in [-0.1, -0.05) is 6.07 Å². The summed E-state index contributed by atoms with van der Waals surface area (Å²) < 4.78 is 5.37. The molecule has 1 aromatic carbocycles. The Bertz CT molecular complexity index is 838. The van der Waals surface area contributed by atoms with Crippen LogP contribution in [-0.2, 0) is 0 Å². The van der Waals surface area contributed by atoms with Gasteiger partial charge in [-0.15, -0.1) is 0 Å². The minimum absolute atomic E-state index is 0.415. The molecule has 7 nitrogen and oxygen atoms in total. The molecule has 0 amide bonds. The fourth-order valence-electron chi connectivity index (χ4n) is 2.21. The zero-order valence-corrected chi connectivity index (χ0v) is 13.4. The number of methoxy groups -OCH3 is 1. The van der Waals surface area contributed by atoms with Gasteiger partial charge in [0.05, 0.1) is 12.8 Å². The fraction of sp³-hybridized carbons (Fsp3) is 0.118. The third kappa shape index (κ3) is 3.35. The van der Waals surface area contributed by atoms with Crippen LogP contribution in [0.2, 0.25) is 0 Å². The van der Waals surface area contributed by atoms with Gasteiger partial charge in [-0.3, -0.25) is 4.98 Å². The van der Waals surface area contributed by atoms with Crippen LogP contribution >= 0.6 is 0 Å². The molecule has 24 heavy (non-hydrogen) atoms. The molecule has 0 fully saturated rings. The van der Waals surface area contributed by atoms with Gasteiger partial charge >= 0.3 is 0 Å². The number of hydrogen-bond donors (Lipinski definition) is 3. The molecule has 7 heteroatoms. The number of nitrogens with two attached hydrogens (primary N) is 1. The van der Waals surface area contributed by atoms with Gasteiger partial charge in [-0.25, -0.2) is 9.97 Å². The van der Waals surface area contributed by atoms with E-state index in [9.17, 15) is 0 Å². The van der Waals surface area contributed by atoms with Crippen LogP contribution in [0.1, 0.15) is 5.56 Å². The van der Waals surface area contributed by atoms with E-state index in [1.807, 2.05) is 37.3 Å². The lowest BCUT2D eigenvalue weighted by Crippen LogP contribution is -2.06. The van der Waals surface area contributed by atoms with Crippen molar-refractivity contribution in [3.8, 4) is 5.75 Å². The Morgan fingerprint density at radius 1 is 1.00 bits per heavy atom. The number of benzene rings is 1. The molecular formula is C17H18N6O. The third-order valence-electron chi connectivity index (χ3n) is 3.44. The van der Waals surface area contributed by atoms with Gasteiger partial charge in [0.15, 0.2) is 11.6 Å². The molecular weight excluding hydrogens is 304 g/mol. The van der Waals surface area contributed by atoms with Crippen molar-refractivity contribution in [2.45, 2.75) is 6.92 Å². The number of hydrogen-bond acceptors (Lipinski definition) is 7. The molecule has 0 radical (unpaired) electrons. The highest BCUT2D eigenvalue weighted by Crippen LogP contribution is 2.32. The van der Waals surface area contributed by atoms with Crippen LogP contribution in [0.4, 0.5) is 28.7 Å². The molecule has 2 aromatic heterocycles. The van der Waals surface area contributed by atoms with E-state index in [2.05, 4.69) is 25.6 Å². The first kappa shape index (κ1) is 15.5. The molecule has 0 bridgehead atoms. The van der Waals surface area contributed by atoms with E-state index in [4.69, 9.17) is 10.5 Å². The number of pyridine rings is 1. The Labute approximate surface area is 139 Å². The highest BCUT2D eigenvalue weighted by Gasteiger charge is 2.11. The van der Waals surface area contributed by atoms with Crippen molar-refractivity contribution in [2.24, 2.45) is 0 Å². The number of nitrogens with one attached hydrogen (secondary N) is 2. The molecule has 0 aliphatic heterocycles. The molecule has 0 atom stereocenters. The fourth-order valence-corrected chi connectivity index (χ4v) is 2.21. The van der Waals surface area contributed by atoms with Gasteiger partial charge < -0.3 is 21.1 Å². The predicted molar refractivity (Wildman–Crippen MR) is 95.0 cm³/mol. The van der Waals surface area contributed by atoms with Crippen molar-refractivity contribution >= 4 is 28.7 Å². The third-order valence-corrected chi connectivity index (χ3v) is 3.44. The summed E-state index contributed by atoms with van der Waals surface area (Å²) in [5.41, 5.74) is 9.35. The summed E-state index contributed by atoms with van der Waals surface area (Å²) in [5, 5.41) is 6.36. The first-order valence-electron chi connectivity index (χ1n) is 7.36. The molecule has 0 spiro atoms. The van der Waals surface area contributed by atoms with Crippen molar-refractivity contribution in [3.05, 3.63) is 54.6 Å². The minimum Gasteiger partial charge on any atom is -0.495 e. The second-order valence-corrected chi connectivity index (χ2v) is 5.17. The van der Waals surface area contributed by atoms with E-state index in [1.54, 1.807) is 19.5 Å². The van der Waals surface area contributed by atoms with E-state index in [1.165, 1.54) is 6.33 Å². The van der Waals surface area contributed by atoms with Crippen molar-refractivity contribution in [1.29, 1.82) is 0 Å². The van der Waals surface area contributed by atoms with Crippen LogP contribution in [0.25, 0.3) is 0 Å². The Morgan fingerprint density at radius 2 is 1.71 bits per heavy atom. The van der Waals surface area contributed by atoms with Crippen molar-refractivity contribution in [1.82, 2.24) is 15.0 Å². The molecule has 0 saturated heterocycles. The quantitative estimate of drug-likeness (QED) is 0.663. The molecule has 0 saturated carbocycles. The van der Waals surface area contributed by atoms with Crippen LogP contribution in [0.15, 0.2) is 49.1 Å². The molecule has 4 N–H and O–H groups in total. The molecule has 0 aliphatic carbocycles. The summed E-state index contributed by atoms with van der Waals surface area (Å²) in [6, 6.07) is 9.50. The Balaban J connectivity index is 1.90. The maximum absolute atomic E-state index is 6.20. The van der Waals surface area contributed by atoms with Crippen LogP contribution in [0.3, 0.4) is 0 Å². The molecule has 0 unspecified atom stereocenters. The largest absolute Gasteiger partial charge is 0.495 e. The Kier molecular flexibility index (Phi) is 4.42. The van der Waals surface area contributed by atoms with E-state index < -0.39 is 0 Å². The number of rotatable bonds is 5. The van der Waals surface area contributed by atoms with Gasteiger partial charge in [0.2, 0.25) is 0 Å². The summed E-state index contributed by atoms with van der Waals surface area (Å²) in [5.74, 6) is 1.73. The number of ether oxygens (including phenoxy) is 1. The van der Waals surface area contributed by atoms with E-state index in [0.29, 0.717) is 23.1 Å². The van der Waals surface area contributed by atoms with Crippen molar-refractivity contribution in [3.63, 3.8) is 0 Å². The van der Waals surface area contributed by atoms with Crippen LogP contribution in [0, 0.1) is 6.92 Å². The lowest BCUT2D eigenvalue weighted by Gasteiger charge is -2.14. The molecule has 2 heterocycles. The number of nitrogens with zero attached hydrogens (tertiary/aromatic N) is 3. The monoisotopic (exact) mass is 322 g/mol. The number of aryl methyl sites for hydroxylation is 1. The predicted octanol–water partition coefficient (Wildman–Crippen LogP) is 3.26. The summed E-state index contributed by atoms with van der Waals surface area (Å²) in [4.78, 5) is 12.4. The number of anilines is 5. The zero-order valence-electron chi connectivity index (χ0n) is 13.4. The van der Waals surface area contributed by atoms with Crippen molar-refractivity contribution in [2.75, 3.05) is 23.5 Å². The molecule has 3 aromatic rings. The van der Waals surface area contributed by atoms with Crippen LogP contribution < -0.4 is 21.1 Å². The second kappa shape index (κ2) is 6.82. The standard InChI is InChI=1S/C17H18N6O/c1-11-3-4-14(24-2)13(9-11)23-17-15(18)16(20-10-21-17)22-12-5-7-19-8-6-12/h3-10H,18H2,1-2H3,(H2,19,20,21,22,23). The van der Waals surface area contributed by atoms with Gasteiger partial charge in [0.1, 0.15) is 17.8 Å². The lowest BCUT2D eigenvalue weighted by molar-refractivity contribution is 0.416. The van der Waals surface area contributed by atoms with Gasteiger partial charge in [0, 0.05) is 18.1 Å². The minimum atomic E-state index is 0.415. The highest BCUT2D eigenvalue weighted by molar-refractivity contribution is 5.81. The average Bonchev–Trinajstić information content (AvgIpc) is 2.60. The van der Waals surface area contributed by atoms with Gasteiger partial charge in [-0.05, 0) is 36.8 Å². The Hall–Kier alpha value is -3.35. The number of nitrogen functional groups attached to an aromatic ring is 1. The molecule has 3 rings (SSSR count). The number of aromatic nitrogens is 3. The van der Waals surface area contributed by atoms with E-state index in [-0.39, 0.29) is 0 Å². The van der Waals surface area contributed by atoms with Crippen LogP contribution in [-0.4, -0.2) is 22.1 Å². The van der Waals surface area contributed by atoms with E-state index >= 15 is 0 Å².